The first-order valence-electron chi connectivity index (χ1n) is 12.2. The first-order chi connectivity index (χ1) is 15.5. The molecule has 0 bridgehead atoms. The van der Waals surface area contributed by atoms with E-state index in [0.717, 1.165) is 90.0 Å². The van der Waals surface area contributed by atoms with E-state index >= 15 is 0 Å². The van der Waals surface area contributed by atoms with Crippen molar-refractivity contribution in [1.82, 2.24) is 9.80 Å². The standard InChI is InChI=1S/C25H37N3O4/c1-32-17-16-26-12-10-20-5-8-23(18-21(20)11-13-26)28-15-14-27(25(28)31)22-6-2-19(3-7-22)4-9-24(29)30/h5,8,18-19,22H,2-4,6-7,9-17H2,1H3,(H,29,30). The fourth-order valence-electron chi connectivity index (χ4n) is 5.57. The highest BCUT2D eigenvalue weighted by Crippen LogP contribution is 2.33. The fourth-order valence-corrected chi connectivity index (χ4v) is 5.57. The lowest BCUT2D eigenvalue weighted by molar-refractivity contribution is -0.137. The van der Waals surface area contributed by atoms with Crippen molar-refractivity contribution in [2.24, 2.45) is 5.92 Å². The zero-order valence-corrected chi connectivity index (χ0v) is 19.3. The van der Waals surface area contributed by atoms with Crippen LogP contribution in [0.5, 0.6) is 0 Å². The summed E-state index contributed by atoms with van der Waals surface area (Å²) in [5.41, 5.74) is 3.79. The van der Waals surface area contributed by atoms with Crippen LogP contribution in [-0.2, 0) is 22.4 Å². The number of nitrogens with zero attached hydrogens (tertiary/aromatic N) is 3. The Morgan fingerprint density at radius 2 is 1.81 bits per heavy atom. The Balaban J connectivity index is 1.34. The average Bonchev–Trinajstić information content (AvgIpc) is 3.06. The van der Waals surface area contributed by atoms with Gasteiger partial charge in [-0.15, -0.1) is 0 Å². The van der Waals surface area contributed by atoms with Gasteiger partial charge >= 0.3 is 12.0 Å². The number of carbonyl (C=O) groups excluding carboxylic acids is 1. The summed E-state index contributed by atoms with van der Waals surface area (Å²) in [6.07, 6.45) is 7.12. The van der Waals surface area contributed by atoms with Gasteiger partial charge in [0, 0.05) is 58.0 Å². The third-order valence-corrected chi connectivity index (χ3v) is 7.57. The lowest BCUT2D eigenvalue weighted by Gasteiger charge is -2.34. The Hall–Kier alpha value is -2.12. The number of carboxylic acid groups (broad SMARTS) is 1. The Morgan fingerprint density at radius 1 is 1.06 bits per heavy atom. The molecule has 0 radical (unpaired) electrons. The molecule has 1 saturated carbocycles. The Morgan fingerprint density at radius 3 is 2.53 bits per heavy atom. The van der Waals surface area contributed by atoms with Gasteiger partial charge in [-0.2, -0.15) is 0 Å². The highest BCUT2D eigenvalue weighted by molar-refractivity contribution is 5.94. The first kappa shape index (κ1) is 23.1. The predicted octanol–water partition coefficient (Wildman–Crippen LogP) is 3.40. The van der Waals surface area contributed by atoms with Gasteiger partial charge in [0.2, 0.25) is 0 Å². The first-order valence-corrected chi connectivity index (χ1v) is 12.2. The highest BCUT2D eigenvalue weighted by atomic mass is 16.5. The molecule has 1 N–H and O–H groups in total. The Bertz CT molecular complexity index is 806. The summed E-state index contributed by atoms with van der Waals surface area (Å²) in [7, 11) is 1.75. The molecule has 2 heterocycles. The molecule has 1 saturated heterocycles. The van der Waals surface area contributed by atoms with E-state index in [1.165, 1.54) is 11.1 Å². The minimum absolute atomic E-state index is 0.134. The van der Waals surface area contributed by atoms with E-state index < -0.39 is 5.97 Å². The zero-order chi connectivity index (χ0) is 22.5. The molecule has 2 aliphatic heterocycles. The third-order valence-electron chi connectivity index (χ3n) is 7.57. The van der Waals surface area contributed by atoms with Gasteiger partial charge in [0.05, 0.1) is 6.61 Å². The summed E-state index contributed by atoms with van der Waals surface area (Å²) in [5, 5.41) is 8.91. The van der Waals surface area contributed by atoms with Gasteiger partial charge in [0.1, 0.15) is 0 Å². The van der Waals surface area contributed by atoms with E-state index in [9.17, 15) is 9.59 Å². The zero-order valence-electron chi connectivity index (χ0n) is 19.3. The van der Waals surface area contributed by atoms with Gasteiger partial charge < -0.3 is 19.6 Å². The number of amides is 2. The van der Waals surface area contributed by atoms with Gasteiger partial charge in [-0.25, -0.2) is 4.79 Å². The van der Waals surface area contributed by atoms with E-state index in [4.69, 9.17) is 9.84 Å². The number of aliphatic carboxylic acids is 1. The van der Waals surface area contributed by atoms with Crippen LogP contribution in [0.15, 0.2) is 18.2 Å². The average molecular weight is 444 g/mol. The second-order valence-electron chi connectivity index (χ2n) is 9.52. The smallest absolute Gasteiger partial charge is 0.324 e. The molecule has 4 rings (SSSR count). The topological polar surface area (TPSA) is 73.3 Å². The Labute approximate surface area is 191 Å². The third kappa shape index (κ3) is 5.44. The molecule has 0 aromatic heterocycles. The molecular weight excluding hydrogens is 406 g/mol. The normalized spacial score (nSPS) is 24.5. The number of urea groups is 1. The predicted molar refractivity (Wildman–Crippen MR) is 124 cm³/mol. The number of hydrogen-bond donors (Lipinski definition) is 1. The molecule has 0 unspecified atom stereocenters. The van der Waals surface area contributed by atoms with Crippen molar-refractivity contribution in [3.05, 3.63) is 29.3 Å². The molecule has 176 valence electrons. The minimum atomic E-state index is -0.707. The van der Waals surface area contributed by atoms with Crippen LogP contribution in [0.1, 0.15) is 49.7 Å². The maximum absolute atomic E-state index is 13.3. The molecule has 0 atom stereocenters. The largest absolute Gasteiger partial charge is 0.481 e. The molecule has 7 heteroatoms. The maximum Gasteiger partial charge on any atom is 0.324 e. The summed E-state index contributed by atoms with van der Waals surface area (Å²) in [4.78, 5) is 30.6. The summed E-state index contributed by atoms with van der Waals surface area (Å²) in [6, 6.07) is 7.00. The SMILES string of the molecule is COCCN1CCc2ccc(N3CCN(C4CCC(CCC(=O)O)CC4)C3=O)cc2CC1. The van der Waals surface area contributed by atoms with Crippen molar-refractivity contribution < 1.29 is 19.4 Å². The fraction of sp³-hybridized carbons (Fsp3) is 0.680. The van der Waals surface area contributed by atoms with E-state index in [-0.39, 0.29) is 12.5 Å². The van der Waals surface area contributed by atoms with Crippen molar-refractivity contribution >= 4 is 17.7 Å². The number of carboxylic acids is 1. The molecule has 1 aromatic carbocycles. The van der Waals surface area contributed by atoms with Crippen LogP contribution in [-0.4, -0.2) is 79.4 Å². The minimum Gasteiger partial charge on any atom is -0.481 e. The summed E-state index contributed by atoms with van der Waals surface area (Å²) >= 11 is 0. The second-order valence-corrected chi connectivity index (χ2v) is 9.52. The molecule has 1 aliphatic carbocycles. The molecule has 3 aliphatic rings. The van der Waals surface area contributed by atoms with Gasteiger partial charge in [0.15, 0.2) is 0 Å². The van der Waals surface area contributed by atoms with Crippen LogP contribution in [0.3, 0.4) is 0 Å². The molecular formula is C25H37N3O4. The number of benzene rings is 1. The summed E-state index contributed by atoms with van der Waals surface area (Å²) < 4.78 is 5.23. The van der Waals surface area contributed by atoms with Crippen LogP contribution in [0.25, 0.3) is 0 Å². The van der Waals surface area contributed by atoms with E-state index in [1.54, 1.807) is 7.11 Å². The van der Waals surface area contributed by atoms with Crippen molar-refractivity contribution in [2.45, 2.75) is 57.4 Å². The van der Waals surface area contributed by atoms with Crippen molar-refractivity contribution in [2.75, 3.05) is 51.3 Å². The van der Waals surface area contributed by atoms with Crippen molar-refractivity contribution in [3.8, 4) is 0 Å². The van der Waals surface area contributed by atoms with Gasteiger partial charge in [-0.1, -0.05) is 6.07 Å². The monoisotopic (exact) mass is 443 g/mol. The van der Waals surface area contributed by atoms with Crippen LogP contribution in [0.2, 0.25) is 0 Å². The summed E-state index contributed by atoms with van der Waals surface area (Å²) in [6.45, 7) is 5.35. The van der Waals surface area contributed by atoms with E-state index in [2.05, 4.69) is 28.0 Å². The van der Waals surface area contributed by atoms with Crippen LogP contribution in [0, 0.1) is 5.92 Å². The van der Waals surface area contributed by atoms with Crippen LogP contribution >= 0.6 is 0 Å². The number of methoxy groups -OCH3 is 1. The molecule has 32 heavy (non-hydrogen) atoms. The maximum atomic E-state index is 13.3. The summed E-state index contributed by atoms with van der Waals surface area (Å²) in [5.74, 6) is -0.217. The van der Waals surface area contributed by atoms with Gasteiger partial charge in [0.25, 0.3) is 0 Å². The molecule has 2 fully saturated rings. The number of hydrogen-bond acceptors (Lipinski definition) is 4. The molecule has 2 amide bonds. The quantitative estimate of drug-likeness (QED) is 0.667. The van der Waals surface area contributed by atoms with Crippen LogP contribution < -0.4 is 4.90 Å². The molecule has 0 spiro atoms. The second kappa shape index (κ2) is 10.7. The van der Waals surface area contributed by atoms with Gasteiger partial charge in [-0.3, -0.25) is 9.69 Å². The van der Waals surface area contributed by atoms with E-state index in [0.29, 0.717) is 12.0 Å². The number of carbonyl (C=O) groups is 2. The lowest BCUT2D eigenvalue weighted by Crippen LogP contribution is -2.41. The lowest BCUT2D eigenvalue weighted by atomic mass is 9.83. The number of fused-ring (bicyclic) bond motifs is 1. The molecule has 7 nitrogen and oxygen atoms in total. The Kier molecular flexibility index (Phi) is 7.68. The van der Waals surface area contributed by atoms with Crippen LogP contribution in [0.4, 0.5) is 10.5 Å². The number of anilines is 1. The van der Waals surface area contributed by atoms with Gasteiger partial charge in [-0.05, 0) is 74.1 Å². The van der Waals surface area contributed by atoms with E-state index in [1.807, 2.05) is 4.90 Å². The van der Waals surface area contributed by atoms with Crippen molar-refractivity contribution in [1.29, 1.82) is 0 Å². The molecule has 1 aromatic rings. The number of rotatable bonds is 8. The highest BCUT2D eigenvalue weighted by Gasteiger charge is 2.36. The number of ether oxygens (including phenoxy) is 1. The van der Waals surface area contributed by atoms with Crippen molar-refractivity contribution in [3.63, 3.8) is 0 Å².